The van der Waals surface area contributed by atoms with Crippen molar-refractivity contribution in [3.05, 3.63) is 40.7 Å². The lowest BCUT2D eigenvalue weighted by atomic mass is 10.2. The van der Waals surface area contributed by atoms with E-state index in [0.29, 0.717) is 11.4 Å². The molecule has 1 aromatic heterocycles. The highest BCUT2D eigenvalue weighted by atomic mass is 16.6. The molecule has 0 N–H and O–H groups in total. The summed E-state index contributed by atoms with van der Waals surface area (Å²) in [5, 5.41) is 14.9. The van der Waals surface area contributed by atoms with Crippen LogP contribution in [0, 0.1) is 10.1 Å². The monoisotopic (exact) mass is 260 g/mol. The molecule has 2 aromatic rings. The summed E-state index contributed by atoms with van der Waals surface area (Å²) in [6.07, 6.45) is 1.44. The van der Waals surface area contributed by atoms with Crippen LogP contribution in [0.15, 0.2) is 30.6 Å². The molecule has 0 spiro atoms. The summed E-state index contributed by atoms with van der Waals surface area (Å²) >= 11 is 0. The number of Topliss-reactive ketones (excluding diaryl/α,β-unsaturated/α-hetero) is 1. The first-order valence-electron chi connectivity index (χ1n) is 5.65. The van der Waals surface area contributed by atoms with Crippen LogP contribution in [-0.4, -0.2) is 25.5 Å². The normalized spacial score (nSPS) is 12.1. The van der Waals surface area contributed by atoms with Gasteiger partial charge in [0.2, 0.25) is 0 Å². The molecule has 0 fully saturated rings. The van der Waals surface area contributed by atoms with E-state index in [1.165, 1.54) is 30.1 Å². The van der Waals surface area contributed by atoms with Gasteiger partial charge in [-0.25, -0.2) is 9.67 Å². The number of ketones is 1. The average Bonchev–Trinajstić information content (AvgIpc) is 2.87. The molecule has 0 aliphatic carbocycles. The molecule has 2 rings (SSSR count). The Bertz CT molecular complexity index is 635. The molecule has 0 bridgehead atoms. The second-order valence-corrected chi connectivity index (χ2v) is 4.14. The maximum atomic E-state index is 11.3. The third-order valence-corrected chi connectivity index (χ3v) is 2.81. The number of hydrogen-bond donors (Lipinski definition) is 0. The molecule has 0 radical (unpaired) electrons. The number of carbonyl (C=O) groups excluding carboxylic acids is 1. The van der Waals surface area contributed by atoms with Crippen molar-refractivity contribution >= 4 is 11.5 Å². The van der Waals surface area contributed by atoms with Crippen molar-refractivity contribution in [2.45, 2.75) is 19.9 Å². The van der Waals surface area contributed by atoms with Crippen molar-refractivity contribution in [1.82, 2.24) is 14.8 Å². The highest BCUT2D eigenvalue weighted by Crippen LogP contribution is 2.21. The van der Waals surface area contributed by atoms with Gasteiger partial charge in [0.25, 0.3) is 5.69 Å². The van der Waals surface area contributed by atoms with E-state index in [9.17, 15) is 14.9 Å². The van der Waals surface area contributed by atoms with Gasteiger partial charge >= 0.3 is 0 Å². The van der Waals surface area contributed by atoms with Crippen LogP contribution in [0.1, 0.15) is 19.9 Å². The molecule has 1 aromatic carbocycles. The summed E-state index contributed by atoms with van der Waals surface area (Å²) in [7, 11) is 0. The van der Waals surface area contributed by atoms with Gasteiger partial charge in [-0.05, 0) is 13.8 Å². The zero-order valence-corrected chi connectivity index (χ0v) is 10.5. The van der Waals surface area contributed by atoms with Crippen molar-refractivity contribution in [2.75, 3.05) is 0 Å². The topological polar surface area (TPSA) is 90.9 Å². The van der Waals surface area contributed by atoms with Crippen LogP contribution >= 0.6 is 0 Å². The summed E-state index contributed by atoms with van der Waals surface area (Å²) in [6.45, 7) is 3.19. The summed E-state index contributed by atoms with van der Waals surface area (Å²) in [5.74, 6) is 0.326. The van der Waals surface area contributed by atoms with Crippen LogP contribution in [-0.2, 0) is 4.79 Å². The van der Waals surface area contributed by atoms with Gasteiger partial charge in [-0.1, -0.05) is 12.1 Å². The molecule has 19 heavy (non-hydrogen) atoms. The van der Waals surface area contributed by atoms with E-state index in [1.807, 2.05) is 0 Å². The molecule has 1 unspecified atom stereocenters. The van der Waals surface area contributed by atoms with E-state index in [-0.39, 0.29) is 11.5 Å². The van der Waals surface area contributed by atoms with Crippen LogP contribution in [0.4, 0.5) is 5.69 Å². The molecule has 98 valence electrons. The van der Waals surface area contributed by atoms with Gasteiger partial charge in [-0.3, -0.25) is 14.9 Å². The second-order valence-electron chi connectivity index (χ2n) is 4.14. The molecule has 0 saturated carbocycles. The number of non-ortho nitro benzene ring substituents is 1. The van der Waals surface area contributed by atoms with Crippen LogP contribution in [0.5, 0.6) is 0 Å². The average molecular weight is 260 g/mol. The smallest absolute Gasteiger partial charge is 0.270 e. The number of nitrogens with zero attached hydrogens (tertiary/aromatic N) is 4. The maximum absolute atomic E-state index is 11.3. The number of benzene rings is 1. The number of carbonyl (C=O) groups is 1. The lowest BCUT2D eigenvalue weighted by molar-refractivity contribution is -0.384. The third kappa shape index (κ3) is 2.65. The Balaban J connectivity index is 2.35. The van der Waals surface area contributed by atoms with E-state index < -0.39 is 11.0 Å². The first-order chi connectivity index (χ1) is 8.99. The van der Waals surface area contributed by atoms with Crippen molar-refractivity contribution < 1.29 is 9.72 Å². The van der Waals surface area contributed by atoms with Gasteiger partial charge in [0.1, 0.15) is 12.4 Å². The van der Waals surface area contributed by atoms with Gasteiger partial charge < -0.3 is 0 Å². The molecular weight excluding hydrogens is 248 g/mol. The van der Waals surface area contributed by atoms with E-state index in [2.05, 4.69) is 10.1 Å². The van der Waals surface area contributed by atoms with Crippen molar-refractivity contribution in [2.24, 2.45) is 0 Å². The number of aromatic nitrogens is 3. The fourth-order valence-corrected chi connectivity index (χ4v) is 1.54. The van der Waals surface area contributed by atoms with Crippen LogP contribution in [0.25, 0.3) is 11.4 Å². The predicted molar refractivity (Wildman–Crippen MR) is 67.5 cm³/mol. The Kier molecular flexibility index (Phi) is 3.37. The van der Waals surface area contributed by atoms with Crippen LogP contribution in [0.3, 0.4) is 0 Å². The molecule has 0 aliphatic rings. The van der Waals surface area contributed by atoms with Gasteiger partial charge in [0.15, 0.2) is 11.6 Å². The molecule has 0 amide bonds. The van der Waals surface area contributed by atoms with Crippen molar-refractivity contribution in [3.8, 4) is 11.4 Å². The highest BCUT2D eigenvalue weighted by molar-refractivity contribution is 5.79. The molecular formula is C12H12N4O3. The predicted octanol–water partition coefficient (Wildman–Crippen LogP) is 2.00. The van der Waals surface area contributed by atoms with Gasteiger partial charge in [0.05, 0.1) is 4.92 Å². The Labute approximate surface area is 109 Å². The molecule has 0 saturated heterocycles. The molecule has 1 atom stereocenters. The van der Waals surface area contributed by atoms with Crippen LogP contribution in [0.2, 0.25) is 0 Å². The first-order valence-corrected chi connectivity index (χ1v) is 5.65. The Morgan fingerprint density at radius 2 is 2.21 bits per heavy atom. The zero-order chi connectivity index (χ0) is 14.0. The van der Waals surface area contributed by atoms with E-state index >= 15 is 0 Å². The SMILES string of the molecule is CC(=O)C(C)n1cnc(-c2cccc([N+](=O)[O-])c2)n1. The van der Waals surface area contributed by atoms with Crippen LogP contribution < -0.4 is 0 Å². The van der Waals surface area contributed by atoms with Crippen molar-refractivity contribution in [1.29, 1.82) is 0 Å². The quantitative estimate of drug-likeness (QED) is 0.619. The van der Waals surface area contributed by atoms with Gasteiger partial charge in [0, 0.05) is 17.7 Å². The Morgan fingerprint density at radius 3 is 2.84 bits per heavy atom. The number of nitro groups is 1. The Hall–Kier alpha value is -2.57. The number of hydrogen-bond acceptors (Lipinski definition) is 5. The summed E-state index contributed by atoms with van der Waals surface area (Å²) in [6, 6.07) is 5.66. The molecule has 7 nitrogen and oxygen atoms in total. The minimum absolute atomic E-state index is 0.0199. The summed E-state index contributed by atoms with van der Waals surface area (Å²) in [4.78, 5) is 25.6. The van der Waals surface area contributed by atoms with E-state index in [0.717, 1.165) is 0 Å². The molecule has 1 heterocycles. The lowest BCUT2D eigenvalue weighted by Gasteiger charge is -2.05. The fourth-order valence-electron chi connectivity index (χ4n) is 1.54. The summed E-state index contributed by atoms with van der Waals surface area (Å²) < 4.78 is 1.44. The first kappa shape index (κ1) is 12.9. The Morgan fingerprint density at radius 1 is 1.47 bits per heavy atom. The van der Waals surface area contributed by atoms with Crippen molar-refractivity contribution in [3.63, 3.8) is 0 Å². The minimum Gasteiger partial charge on any atom is -0.298 e. The maximum Gasteiger partial charge on any atom is 0.270 e. The number of nitro benzene ring substituents is 1. The minimum atomic E-state index is -0.474. The molecule has 7 heteroatoms. The zero-order valence-electron chi connectivity index (χ0n) is 10.5. The lowest BCUT2D eigenvalue weighted by Crippen LogP contribution is -2.13. The van der Waals surface area contributed by atoms with E-state index in [4.69, 9.17) is 0 Å². The second kappa shape index (κ2) is 4.97. The highest BCUT2D eigenvalue weighted by Gasteiger charge is 2.14. The van der Waals surface area contributed by atoms with E-state index in [1.54, 1.807) is 19.1 Å². The van der Waals surface area contributed by atoms with Gasteiger partial charge in [-0.2, -0.15) is 5.10 Å². The standard InChI is InChI=1S/C12H12N4O3/c1-8(9(2)17)15-7-13-12(14-15)10-4-3-5-11(6-10)16(18)19/h3-8H,1-2H3. The fraction of sp³-hybridized carbons (Fsp3) is 0.250. The summed E-state index contributed by atoms with van der Waals surface area (Å²) in [5.41, 5.74) is 0.525. The van der Waals surface area contributed by atoms with Gasteiger partial charge in [-0.15, -0.1) is 0 Å². The third-order valence-electron chi connectivity index (χ3n) is 2.81. The number of rotatable bonds is 4. The largest absolute Gasteiger partial charge is 0.298 e. The molecule has 0 aliphatic heterocycles.